The summed E-state index contributed by atoms with van der Waals surface area (Å²) in [5.41, 5.74) is -0.686. The molecule has 0 aromatic carbocycles. The topological polar surface area (TPSA) is 52.6 Å². The van der Waals surface area contributed by atoms with Gasteiger partial charge in [-0.25, -0.2) is 0 Å². The van der Waals surface area contributed by atoms with E-state index in [1.54, 1.807) is 7.05 Å². The number of hydrogen-bond donors (Lipinski definition) is 2. The molecule has 0 aliphatic heterocycles. The van der Waals surface area contributed by atoms with Crippen molar-refractivity contribution >= 4 is 5.97 Å². The van der Waals surface area contributed by atoms with E-state index in [-0.39, 0.29) is 5.92 Å². The van der Waals surface area contributed by atoms with Crippen molar-refractivity contribution in [1.82, 2.24) is 10.2 Å². The van der Waals surface area contributed by atoms with E-state index in [0.717, 1.165) is 45.2 Å². The first-order valence-electron chi connectivity index (χ1n) is 7.64. The fourth-order valence-corrected chi connectivity index (χ4v) is 3.42. The van der Waals surface area contributed by atoms with Crippen molar-refractivity contribution in [3.63, 3.8) is 0 Å². The van der Waals surface area contributed by atoms with Crippen LogP contribution in [0.2, 0.25) is 0 Å². The van der Waals surface area contributed by atoms with Gasteiger partial charge >= 0.3 is 5.97 Å². The molecule has 0 aromatic rings. The number of aliphatic carboxylic acids is 1. The van der Waals surface area contributed by atoms with Crippen LogP contribution in [0.4, 0.5) is 0 Å². The Morgan fingerprint density at radius 2 is 2.16 bits per heavy atom. The van der Waals surface area contributed by atoms with Gasteiger partial charge in [0.05, 0.1) is 0 Å². The Morgan fingerprint density at radius 3 is 2.63 bits per heavy atom. The van der Waals surface area contributed by atoms with Crippen LogP contribution in [-0.2, 0) is 4.79 Å². The number of hydrogen-bond acceptors (Lipinski definition) is 3. The zero-order valence-electron chi connectivity index (χ0n) is 12.9. The minimum absolute atomic E-state index is 0.258. The standard InChI is InChI=1S/C15H30N2O2/c1-5-10-17(12(2)3)11-8-13-7-6-9-15(13,16-4)14(18)19/h12-13,16H,5-11H2,1-4H3,(H,18,19). The molecule has 1 aliphatic rings. The van der Waals surface area contributed by atoms with Crippen LogP contribution in [0.5, 0.6) is 0 Å². The summed E-state index contributed by atoms with van der Waals surface area (Å²) < 4.78 is 0. The lowest BCUT2D eigenvalue weighted by Crippen LogP contribution is -2.53. The lowest BCUT2D eigenvalue weighted by Gasteiger charge is -2.33. The number of nitrogens with one attached hydrogen (secondary N) is 1. The van der Waals surface area contributed by atoms with Crippen molar-refractivity contribution in [3.05, 3.63) is 0 Å². The van der Waals surface area contributed by atoms with E-state index in [0.29, 0.717) is 6.04 Å². The maximum absolute atomic E-state index is 11.6. The SMILES string of the molecule is CCCN(CCC1CCCC1(NC)C(=O)O)C(C)C. The first kappa shape index (κ1) is 16.4. The zero-order chi connectivity index (χ0) is 14.5. The average molecular weight is 270 g/mol. The fraction of sp³-hybridized carbons (Fsp3) is 0.933. The predicted octanol–water partition coefficient (Wildman–Crippen LogP) is 2.34. The van der Waals surface area contributed by atoms with Crippen molar-refractivity contribution in [2.75, 3.05) is 20.1 Å². The maximum atomic E-state index is 11.6. The van der Waals surface area contributed by atoms with Crippen molar-refractivity contribution in [2.45, 2.75) is 64.5 Å². The Balaban J connectivity index is 2.62. The van der Waals surface area contributed by atoms with E-state index in [1.807, 2.05) is 0 Å². The fourth-order valence-electron chi connectivity index (χ4n) is 3.42. The molecule has 19 heavy (non-hydrogen) atoms. The lowest BCUT2D eigenvalue weighted by molar-refractivity contribution is -0.146. The van der Waals surface area contributed by atoms with Crippen molar-refractivity contribution < 1.29 is 9.90 Å². The van der Waals surface area contributed by atoms with Gasteiger partial charge in [-0.3, -0.25) is 4.79 Å². The highest BCUT2D eigenvalue weighted by molar-refractivity contribution is 5.79. The highest BCUT2D eigenvalue weighted by atomic mass is 16.4. The van der Waals surface area contributed by atoms with Gasteiger partial charge in [0.1, 0.15) is 5.54 Å². The Labute approximate surface area is 117 Å². The van der Waals surface area contributed by atoms with Gasteiger partial charge < -0.3 is 15.3 Å². The summed E-state index contributed by atoms with van der Waals surface area (Å²) in [6, 6.07) is 0.537. The van der Waals surface area contributed by atoms with Crippen molar-refractivity contribution in [2.24, 2.45) is 5.92 Å². The van der Waals surface area contributed by atoms with Crippen molar-refractivity contribution in [1.29, 1.82) is 0 Å². The summed E-state index contributed by atoms with van der Waals surface area (Å²) in [6.07, 6.45) is 4.95. The van der Waals surface area contributed by atoms with Crippen LogP contribution in [0.1, 0.15) is 52.9 Å². The third-order valence-electron chi connectivity index (χ3n) is 4.65. The van der Waals surface area contributed by atoms with Gasteiger partial charge in [0.2, 0.25) is 0 Å². The molecule has 0 spiro atoms. The minimum Gasteiger partial charge on any atom is -0.480 e. The summed E-state index contributed by atoms with van der Waals surface area (Å²) in [7, 11) is 1.79. The molecule has 0 bridgehead atoms. The maximum Gasteiger partial charge on any atom is 0.324 e. The van der Waals surface area contributed by atoms with Crippen molar-refractivity contribution in [3.8, 4) is 0 Å². The molecule has 0 aromatic heterocycles. The molecule has 1 rings (SSSR count). The molecule has 0 heterocycles. The van der Waals surface area contributed by atoms with Crippen LogP contribution in [0, 0.1) is 5.92 Å². The average Bonchev–Trinajstić information content (AvgIpc) is 2.78. The largest absolute Gasteiger partial charge is 0.480 e. The molecular weight excluding hydrogens is 240 g/mol. The van der Waals surface area contributed by atoms with Gasteiger partial charge in [-0.15, -0.1) is 0 Å². The highest BCUT2D eigenvalue weighted by Crippen LogP contribution is 2.38. The summed E-state index contributed by atoms with van der Waals surface area (Å²) in [4.78, 5) is 14.1. The van der Waals surface area contributed by atoms with Gasteiger partial charge in [0.25, 0.3) is 0 Å². The first-order chi connectivity index (χ1) is 8.97. The summed E-state index contributed by atoms with van der Waals surface area (Å²) in [5, 5.41) is 12.6. The molecule has 2 atom stereocenters. The molecule has 2 N–H and O–H groups in total. The van der Waals surface area contributed by atoms with Gasteiger partial charge in [0, 0.05) is 6.04 Å². The molecule has 0 radical (unpaired) electrons. The van der Waals surface area contributed by atoms with Crippen LogP contribution in [-0.4, -0.2) is 47.7 Å². The van der Waals surface area contributed by atoms with E-state index in [9.17, 15) is 9.90 Å². The number of likely N-dealkylation sites (N-methyl/N-ethyl adjacent to an activating group) is 1. The second-order valence-electron chi connectivity index (χ2n) is 6.03. The Kier molecular flexibility index (Phi) is 6.27. The first-order valence-corrected chi connectivity index (χ1v) is 7.64. The molecule has 0 saturated heterocycles. The Bertz CT molecular complexity index is 294. The van der Waals surface area contributed by atoms with Gasteiger partial charge in [-0.1, -0.05) is 13.3 Å². The van der Waals surface area contributed by atoms with Gasteiger partial charge in [-0.2, -0.15) is 0 Å². The minimum atomic E-state index is -0.686. The van der Waals surface area contributed by atoms with E-state index in [4.69, 9.17) is 0 Å². The summed E-state index contributed by atoms with van der Waals surface area (Å²) in [6.45, 7) is 8.73. The molecule has 1 fully saturated rings. The highest BCUT2D eigenvalue weighted by Gasteiger charge is 2.47. The van der Waals surface area contributed by atoms with Crippen LogP contribution in [0.25, 0.3) is 0 Å². The molecular formula is C15H30N2O2. The number of carboxylic acid groups (broad SMARTS) is 1. The van der Waals surface area contributed by atoms with Gasteiger partial charge in [-0.05, 0) is 65.6 Å². The molecule has 4 heteroatoms. The second-order valence-corrected chi connectivity index (χ2v) is 6.03. The third-order valence-corrected chi connectivity index (χ3v) is 4.65. The second kappa shape index (κ2) is 7.25. The third kappa shape index (κ3) is 3.69. The molecule has 0 amide bonds. The lowest BCUT2D eigenvalue weighted by atomic mass is 9.84. The van der Waals surface area contributed by atoms with E-state index < -0.39 is 11.5 Å². The molecule has 1 saturated carbocycles. The number of rotatable bonds is 8. The van der Waals surface area contributed by atoms with E-state index in [2.05, 4.69) is 31.0 Å². The zero-order valence-corrected chi connectivity index (χ0v) is 12.9. The number of carboxylic acids is 1. The molecule has 2 unspecified atom stereocenters. The monoisotopic (exact) mass is 270 g/mol. The Morgan fingerprint density at radius 1 is 1.47 bits per heavy atom. The summed E-state index contributed by atoms with van der Waals surface area (Å²) >= 11 is 0. The Hall–Kier alpha value is -0.610. The number of carbonyl (C=O) groups is 1. The van der Waals surface area contributed by atoms with Crippen LogP contribution < -0.4 is 5.32 Å². The summed E-state index contributed by atoms with van der Waals surface area (Å²) in [5.74, 6) is -0.419. The van der Waals surface area contributed by atoms with Gasteiger partial charge in [0.15, 0.2) is 0 Å². The van der Waals surface area contributed by atoms with Crippen LogP contribution in [0.3, 0.4) is 0 Å². The van der Waals surface area contributed by atoms with E-state index in [1.165, 1.54) is 0 Å². The van der Waals surface area contributed by atoms with Crippen LogP contribution >= 0.6 is 0 Å². The normalized spacial score (nSPS) is 27.4. The quantitative estimate of drug-likeness (QED) is 0.711. The molecule has 1 aliphatic carbocycles. The number of nitrogens with zero attached hydrogens (tertiary/aromatic N) is 1. The van der Waals surface area contributed by atoms with E-state index >= 15 is 0 Å². The molecule has 4 nitrogen and oxygen atoms in total. The molecule has 112 valence electrons. The smallest absolute Gasteiger partial charge is 0.324 e. The van der Waals surface area contributed by atoms with Crippen LogP contribution in [0.15, 0.2) is 0 Å². The predicted molar refractivity (Wildman–Crippen MR) is 78.4 cm³/mol.